The lowest BCUT2D eigenvalue weighted by molar-refractivity contribution is -0.116. The van der Waals surface area contributed by atoms with Crippen LogP contribution in [-0.4, -0.2) is 12.2 Å². The van der Waals surface area contributed by atoms with Crippen LogP contribution in [0.1, 0.15) is 19.8 Å². The number of carbonyl (C=O) groups excluding carboxylic acids is 1. The Kier molecular flexibility index (Phi) is 3.84. The minimum atomic E-state index is -2.39. The molecule has 0 N–H and O–H groups in total. The molecule has 0 heterocycles. The van der Waals surface area contributed by atoms with Crippen molar-refractivity contribution < 1.29 is 13.6 Å². The summed E-state index contributed by atoms with van der Waals surface area (Å²) in [4.78, 5) is 10.6. The van der Waals surface area contributed by atoms with Gasteiger partial charge in [0.05, 0.1) is 0 Å². The maximum Gasteiger partial charge on any atom is 0.239 e. The summed E-state index contributed by atoms with van der Waals surface area (Å²) >= 11 is 0. The van der Waals surface area contributed by atoms with Crippen LogP contribution in [-0.2, 0) is 4.79 Å². The molecule has 0 fully saturated rings. The highest BCUT2D eigenvalue weighted by Gasteiger charge is 2.07. The molecule has 0 radical (unpaired) electrons. The predicted molar refractivity (Wildman–Crippen MR) is 35.1 cm³/mol. The molecule has 0 amide bonds. The van der Waals surface area contributed by atoms with Crippen molar-refractivity contribution in [3.05, 3.63) is 12.2 Å². The van der Waals surface area contributed by atoms with Crippen molar-refractivity contribution >= 4 is 5.78 Å². The molecule has 58 valence electrons. The van der Waals surface area contributed by atoms with Crippen LogP contribution in [0.25, 0.3) is 0 Å². The van der Waals surface area contributed by atoms with Gasteiger partial charge in [-0.2, -0.15) is 0 Å². The van der Waals surface area contributed by atoms with E-state index in [2.05, 4.69) is 6.58 Å². The van der Waals surface area contributed by atoms with Crippen LogP contribution in [0.15, 0.2) is 12.2 Å². The van der Waals surface area contributed by atoms with E-state index in [0.29, 0.717) is 5.57 Å². The molecule has 0 aliphatic heterocycles. The van der Waals surface area contributed by atoms with Gasteiger partial charge in [-0.3, -0.25) is 4.79 Å². The average molecular weight is 148 g/mol. The van der Waals surface area contributed by atoms with Crippen LogP contribution in [0.3, 0.4) is 0 Å². The Bertz CT molecular complexity index is 141. The van der Waals surface area contributed by atoms with Crippen molar-refractivity contribution in [2.24, 2.45) is 0 Å². The Hall–Kier alpha value is -0.730. The van der Waals surface area contributed by atoms with Crippen molar-refractivity contribution in [1.29, 1.82) is 0 Å². The largest absolute Gasteiger partial charge is 0.295 e. The van der Waals surface area contributed by atoms with Crippen LogP contribution in [0, 0.1) is 0 Å². The van der Waals surface area contributed by atoms with Crippen LogP contribution in [0.5, 0.6) is 0 Å². The molecule has 0 rings (SSSR count). The summed E-state index contributed by atoms with van der Waals surface area (Å²) in [6, 6.07) is 0. The quantitative estimate of drug-likeness (QED) is 0.558. The standard InChI is InChI=1S/C7H10F2O/c1-5(2)6(10)3-4-7(8)9/h7H,1,3-4H2,2H3. The molecule has 0 aromatic heterocycles. The maximum absolute atomic E-state index is 11.5. The van der Waals surface area contributed by atoms with E-state index in [4.69, 9.17) is 0 Å². The monoisotopic (exact) mass is 148 g/mol. The smallest absolute Gasteiger partial charge is 0.239 e. The van der Waals surface area contributed by atoms with Crippen molar-refractivity contribution in [1.82, 2.24) is 0 Å². The molecule has 0 saturated heterocycles. The van der Waals surface area contributed by atoms with Crippen LogP contribution < -0.4 is 0 Å². The number of alkyl halides is 2. The zero-order chi connectivity index (χ0) is 8.15. The molecule has 3 heteroatoms. The van der Waals surface area contributed by atoms with Crippen LogP contribution >= 0.6 is 0 Å². The fourth-order valence-corrected chi connectivity index (χ4v) is 0.454. The summed E-state index contributed by atoms with van der Waals surface area (Å²) < 4.78 is 23.0. The van der Waals surface area contributed by atoms with Gasteiger partial charge in [0.2, 0.25) is 6.43 Å². The number of ketones is 1. The molecule has 0 aromatic rings. The Labute approximate surface area is 58.7 Å². The third-order valence-electron chi connectivity index (χ3n) is 1.07. The second-order valence-corrected chi connectivity index (χ2v) is 2.13. The second-order valence-electron chi connectivity index (χ2n) is 2.13. The lowest BCUT2D eigenvalue weighted by atomic mass is 10.1. The molecule has 0 aliphatic rings. The average Bonchev–Trinajstić information content (AvgIpc) is 1.82. The van der Waals surface area contributed by atoms with Gasteiger partial charge in [-0.1, -0.05) is 6.58 Å². The van der Waals surface area contributed by atoms with E-state index in [-0.39, 0.29) is 18.6 Å². The third-order valence-corrected chi connectivity index (χ3v) is 1.07. The second kappa shape index (κ2) is 4.14. The number of hydrogen-bond acceptors (Lipinski definition) is 1. The first-order chi connectivity index (χ1) is 4.54. The number of halogens is 2. The van der Waals surface area contributed by atoms with Crippen molar-refractivity contribution in [3.8, 4) is 0 Å². The zero-order valence-electron chi connectivity index (χ0n) is 5.86. The van der Waals surface area contributed by atoms with Crippen molar-refractivity contribution in [3.63, 3.8) is 0 Å². The van der Waals surface area contributed by atoms with Crippen molar-refractivity contribution in [2.75, 3.05) is 0 Å². The molecule has 0 bridgehead atoms. The van der Waals surface area contributed by atoms with E-state index in [9.17, 15) is 13.6 Å². The number of carbonyl (C=O) groups is 1. The van der Waals surface area contributed by atoms with Gasteiger partial charge in [0.25, 0.3) is 0 Å². The van der Waals surface area contributed by atoms with Gasteiger partial charge in [0.15, 0.2) is 5.78 Å². The summed E-state index contributed by atoms with van der Waals surface area (Å²) in [6.45, 7) is 4.86. The highest BCUT2D eigenvalue weighted by Crippen LogP contribution is 2.06. The Morgan fingerprint density at radius 2 is 2.10 bits per heavy atom. The number of hydrogen-bond donors (Lipinski definition) is 0. The maximum atomic E-state index is 11.5. The Morgan fingerprint density at radius 3 is 2.40 bits per heavy atom. The molecular weight excluding hydrogens is 138 g/mol. The van der Waals surface area contributed by atoms with Gasteiger partial charge in [0, 0.05) is 12.8 Å². The van der Waals surface area contributed by atoms with Gasteiger partial charge in [-0.25, -0.2) is 8.78 Å². The summed E-state index contributed by atoms with van der Waals surface area (Å²) in [5.74, 6) is -0.277. The molecule has 0 unspecified atom stereocenters. The lowest BCUT2D eigenvalue weighted by Gasteiger charge is -1.97. The van der Waals surface area contributed by atoms with E-state index < -0.39 is 6.43 Å². The fraction of sp³-hybridized carbons (Fsp3) is 0.571. The van der Waals surface area contributed by atoms with Crippen LogP contribution in [0.4, 0.5) is 8.78 Å². The minimum absolute atomic E-state index is 0.0903. The molecule has 0 saturated carbocycles. The highest BCUT2D eigenvalue weighted by atomic mass is 19.3. The van der Waals surface area contributed by atoms with E-state index >= 15 is 0 Å². The van der Waals surface area contributed by atoms with E-state index in [0.717, 1.165) is 0 Å². The number of rotatable bonds is 4. The minimum Gasteiger partial charge on any atom is -0.295 e. The topological polar surface area (TPSA) is 17.1 Å². The first kappa shape index (κ1) is 9.27. The lowest BCUT2D eigenvalue weighted by Crippen LogP contribution is -2.01. The molecule has 0 spiro atoms. The third kappa shape index (κ3) is 4.18. The van der Waals surface area contributed by atoms with E-state index in [1.807, 2.05) is 0 Å². The van der Waals surface area contributed by atoms with E-state index in [1.54, 1.807) is 0 Å². The number of Topliss-reactive ketones (excluding diaryl/α,β-unsaturated/α-hetero) is 1. The SMILES string of the molecule is C=C(C)C(=O)CCC(F)F. The summed E-state index contributed by atoms with van der Waals surface area (Å²) in [7, 11) is 0. The molecule has 10 heavy (non-hydrogen) atoms. The fourth-order valence-electron chi connectivity index (χ4n) is 0.454. The zero-order valence-corrected chi connectivity index (χ0v) is 5.86. The van der Waals surface area contributed by atoms with Crippen molar-refractivity contribution in [2.45, 2.75) is 26.2 Å². The molecule has 0 aromatic carbocycles. The van der Waals surface area contributed by atoms with Crippen LogP contribution in [0.2, 0.25) is 0 Å². The molecule has 0 atom stereocenters. The number of allylic oxidation sites excluding steroid dienone is 1. The molecule has 1 nitrogen and oxygen atoms in total. The Balaban J connectivity index is 3.50. The molecular formula is C7H10F2O. The summed E-state index contributed by atoms with van der Waals surface area (Å²) in [5, 5.41) is 0. The van der Waals surface area contributed by atoms with Gasteiger partial charge < -0.3 is 0 Å². The highest BCUT2D eigenvalue weighted by molar-refractivity contribution is 5.93. The predicted octanol–water partition coefficient (Wildman–Crippen LogP) is 2.18. The van der Waals surface area contributed by atoms with Gasteiger partial charge in [0.1, 0.15) is 0 Å². The Morgan fingerprint density at radius 1 is 1.60 bits per heavy atom. The van der Waals surface area contributed by atoms with E-state index in [1.165, 1.54) is 6.92 Å². The first-order valence-electron chi connectivity index (χ1n) is 3.01. The summed E-state index contributed by atoms with van der Waals surface area (Å²) in [5.41, 5.74) is 0.348. The normalized spacial score (nSPS) is 10.0. The van der Waals surface area contributed by atoms with Gasteiger partial charge in [-0.15, -0.1) is 0 Å². The summed E-state index contributed by atoms with van der Waals surface area (Å²) in [6.07, 6.45) is -2.83. The van der Waals surface area contributed by atoms with Gasteiger partial charge >= 0.3 is 0 Å². The van der Waals surface area contributed by atoms with Gasteiger partial charge in [-0.05, 0) is 12.5 Å². The first-order valence-corrected chi connectivity index (χ1v) is 3.01. The molecule has 0 aliphatic carbocycles.